The van der Waals surface area contributed by atoms with Crippen molar-refractivity contribution in [2.24, 2.45) is 5.10 Å². The Balaban J connectivity index is 1.38. The summed E-state index contributed by atoms with van der Waals surface area (Å²) in [6.07, 6.45) is 2.32. The number of hydrazone groups is 1. The number of carbonyl (C=O) groups is 1. The lowest BCUT2D eigenvalue weighted by molar-refractivity contribution is 0.0954. The highest BCUT2D eigenvalue weighted by atomic mass is 35.5. The van der Waals surface area contributed by atoms with Crippen LogP contribution in [0.3, 0.4) is 0 Å². The zero-order valence-corrected chi connectivity index (χ0v) is 20.1. The lowest BCUT2D eigenvalue weighted by Gasteiger charge is -2.25. The highest BCUT2D eigenvalue weighted by molar-refractivity contribution is 6.36. The molecule has 0 saturated heterocycles. The smallest absolute Gasteiger partial charge is 0.270 e. The Bertz CT molecular complexity index is 1410. The van der Waals surface area contributed by atoms with E-state index in [9.17, 15) is 4.79 Å². The first-order valence-corrected chi connectivity index (χ1v) is 11.8. The van der Waals surface area contributed by atoms with E-state index in [1.807, 2.05) is 59.6 Å². The molecule has 0 radical (unpaired) electrons. The molecule has 8 heteroatoms. The number of carbonyl (C=O) groups excluding carboxylic acids is 1. The number of aromatic nitrogens is 1. The predicted molar refractivity (Wildman–Crippen MR) is 139 cm³/mol. The number of nitrogens with one attached hydrogen (secondary N) is 1. The third-order valence-electron chi connectivity index (χ3n) is 5.70. The molecule has 1 atom stereocenters. The van der Waals surface area contributed by atoms with Crippen molar-refractivity contribution in [3.63, 3.8) is 0 Å². The minimum Gasteiger partial charge on any atom is -0.345 e. The van der Waals surface area contributed by atoms with Crippen molar-refractivity contribution in [2.75, 3.05) is 11.6 Å². The zero-order valence-electron chi connectivity index (χ0n) is 17.9. The van der Waals surface area contributed by atoms with Crippen molar-refractivity contribution in [3.05, 3.63) is 105 Å². The molecule has 1 unspecified atom stereocenters. The van der Waals surface area contributed by atoms with Crippen LogP contribution in [0.15, 0.2) is 84.1 Å². The van der Waals surface area contributed by atoms with E-state index in [-0.39, 0.29) is 11.9 Å². The molecule has 2 heterocycles. The molecule has 5 rings (SSSR count). The van der Waals surface area contributed by atoms with Crippen molar-refractivity contribution in [2.45, 2.75) is 12.5 Å². The first-order chi connectivity index (χ1) is 16.5. The van der Waals surface area contributed by atoms with Crippen molar-refractivity contribution in [1.82, 2.24) is 10.3 Å². The van der Waals surface area contributed by atoms with Gasteiger partial charge in [-0.15, -0.1) is 0 Å². The molecule has 34 heavy (non-hydrogen) atoms. The van der Waals surface area contributed by atoms with Gasteiger partial charge >= 0.3 is 0 Å². The van der Waals surface area contributed by atoms with E-state index in [0.29, 0.717) is 33.7 Å². The van der Waals surface area contributed by atoms with Crippen LogP contribution in [0.2, 0.25) is 15.1 Å². The quantitative estimate of drug-likeness (QED) is 0.317. The third-order valence-corrected chi connectivity index (χ3v) is 6.49. The summed E-state index contributed by atoms with van der Waals surface area (Å²) in [5.41, 5.74) is 2.96. The van der Waals surface area contributed by atoms with Gasteiger partial charge in [0.15, 0.2) is 0 Å². The molecular weight excluding hydrogens is 491 g/mol. The van der Waals surface area contributed by atoms with Gasteiger partial charge in [-0.3, -0.25) is 14.8 Å². The number of hydrogen-bond donors (Lipinski definition) is 1. The number of nitrogens with zero attached hydrogens (tertiary/aromatic N) is 3. The fourth-order valence-electron chi connectivity index (χ4n) is 3.99. The van der Waals surface area contributed by atoms with Gasteiger partial charge in [-0.2, -0.15) is 5.10 Å². The Kier molecular flexibility index (Phi) is 6.42. The standard InChI is InChI=1S/C26H19Cl3N4O/c27-19-7-5-16(6-8-19)25-13-21(32-33(25)24-10-9-20(28)12-22(24)29)15-31-26(34)23-11-17-3-1-2-4-18(17)14-30-23/h1-12,14,25H,13,15H2,(H,31,34). The van der Waals surface area contributed by atoms with E-state index >= 15 is 0 Å². The summed E-state index contributed by atoms with van der Waals surface area (Å²) in [6, 6.07) is 22.5. The number of amides is 1. The number of pyridine rings is 1. The van der Waals surface area contributed by atoms with Crippen molar-refractivity contribution < 1.29 is 4.79 Å². The molecule has 5 nitrogen and oxygen atoms in total. The van der Waals surface area contributed by atoms with Crippen LogP contribution in [0.25, 0.3) is 10.8 Å². The maximum atomic E-state index is 12.8. The van der Waals surface area contributed by atoms with Crippen LogP contribution in [-0.2, 0) is 0 Å². The molecule has 0 aliphatic carbocycles. The first-order valence-electron chi connectivity index (χ1n) is 10.7. The molecule has 1 aliphatic rings. The highest BCUT2D eigenvalue weighted by Gasteiger charge is 2.30. The van der Waals surface area contributed by atoms with E-state index in [4.69, 9.17) is 39.9 Å². The summed E-state index contributed by atoms with van der Waals surface area (Å²) in [6.45, 7) is 0.291. The fourth-order valence-corrected chi connectivity index (χ4v) is 4.61. The fraction of sp³-hybridized carbons (Fsp3) is 0.115. The zero-order chi connectivity index (χ0) is 23.7. The van der Waals surface area contributed by atoms with Gasteiger partial charge in [0.2, 0.25) is 0 Å². The van der Waals surface area contributed by atoms with E-state index in [1.165, 1.54) is 0 Å². The molecule has 1 aromatic heterocycles. The number of hydrogen-bond acceptors (Lipinski definition) is 4. The summed E-state index contributed by atoms with van der Waals surface area (Å²) in [4.78, 5) is 17.1. The second kappa shape index (κ2) is 9.63. The maximum Gasteiger partial charge on any atom is 0.270 e. The van der Waals surface area contributed by atoms with Crippen LogP contribution in [0, 0.1) is 0 Å². The Morgan fingerprint density at radius 3 is 2.44 bits per heavy atom. The van der Waals surface area contributed by atoms with E-state index in [1.54, 1.807) is 24.4 Å². The Morgan fingerprint density at radius 1 is 0.941 bits per heavy atom. The molecule has 0 spiro atoms. The van der Waals surface area contributed by atoms with E-state index < -0.39 is 0 Å². The number of halogens is 3. The largest absolute Gasteiger partial charge is 0.345 e. The molecule has 4 aromatic rings. The van der Waals surface area contributed by atoms with Gasteiger partial charge < -0.3 is 5.32 Å². The normalized spacial score (nSPS) is 15.4. The molecule has 0 bridgehead atoms. The second-order valence-electron chi connectivity index (χ2n) is 7.98. The highest BCUT2D eigenvalue weighted by Crippen LogP contribution is 2.39. The number of benzene rings is 3. The molecular formula is C26H19Cl3N4O. The molecule has 1 aliphatic heterocycles. The predicted octanol–water partition coefficient (Wildman–Crippen LogP) is 6.93. The summed E-state index contributed by atoms with van der Waals surface area (Å²) in [5.74, 6) is -0.250. The van der Waals surface area contributed by atoms with Gasteiger partial charge in [-0.05, 0) is 47.3 Å². The number of anilines is 1. The van der Waals surface area contributed by atoms with Crippen molar-refractivity contribution in [1.29, 1.82) is 0 Å². The number of rotatable bonds is 5. The summed E-state index contributed by atoms with van der Waals surface area (Å²) in [5, 5.41) is 13.3. The minimum absolute atomic E-state index is 0.0957. The van der Waals surface area contributed by atoms with Crippen molar-refractivity contribution in [3.8, 4) is 0 Å². The summed E-state index contributed by atoms with van der Waals surface area (Å²) < 4.78 is 0. The molecule has 1 N–H and O–H groups in total. The SMILES string of the molecule is O=C(NCC1=NN(c2ccc(Cl)cc2Cl)C(c2ccc(Cl)cc2)C1)c1cc2ccccc2cn1. The topological polar surface area (TPSA) is 57.6 Å². The van der Waals surface area contributed by atoms with Gasteiger partial charge in [0.1, 0.15) is 5.69 Å². The Morgan fingerprint density at radius 2 is 1.68 bits per heavy atom. The van der Waals surface area contributed by atoms with E-state index in [2.05, 4.69) is 10.3 Å². The molecule has 0 saturated carbocycles. The summed E-state index contributed by atoms with van der Waals surface area (Å²) in [7, 11) is 0. The summed E-state index contributed by atoms with van der Waals surface area (Å²) >= 11 is 18.7. The van der Waals surface area contributed by atoms with E-state index in [0.717, 1.165) is 27.7 Å². The van der Waals surface area contributed by atoms with Gasteiger partial charge in [0.25, 0.3) is 5.91 Å². The van der Waals surface area contributed by atoms with Crippen LogP contribution < -0.4 is 10.3 Å². The minimum atomic E-state index is -0.250. The maximum absolute atomic E-state index is 12.8. The van der Waals surface area contributed by atoms with Crippen LogP contribution in [0.4, 0.5) is 5.69 Å². The molecule has 0 fully saturated rings. The lowest BCUT2D eigenvalue weighted by atomic mass is 10.0. The van der Waals surface area contributed by atoms with Crippen LogP contribution in [-0.4, -0.2) is 23.1 Å². The van der Waals surface area contributed by atoms with Gasteiger partial charge in [-0.25, -0.2) is 0 Å². The Hall–Kier alpha value is -3.12. The van der Waals surface area contributed by atoms with Crippen LogP contribution >= 0.6 is 34.8 Å². The van der Waals surface area contributed by atoms with Crippen LogP contribution in [0.5, 0.6) is 0 Å². The monoisotopic (exact) mass is 508 g/mol. The van der Waals surface area contributed by atoms with Gasteiger partial charge in [-0.1, -0.05) is 71.2 Å². The molecule has 1 amide bonds. The lowest BCUT2D eigenvalue weighted by Crippen LogP contribution is -2.29. The first kappa shape index (κ1) is 22.7. The number of fused-ring (bicyclic) bond motifs is 1. The average molecular weight is 510 g/mol. The second-order valence-corrected chi connectivity index (χ2v) is 9.26. The Labute approximate surface area is 212 Å². The third kappa shape index (κ3) is 4.73. The van der Waals surface area contributed by atoms with Crippen molar-refractivity contribution >= 4 is 62.9 Å². The molecule has 170 valence electrons. The average Bonchev–Trinajstić information content (AvgIpc) is 3.26. The van der Waals surface area contributed by atoms with Gasteiger partial charge in [0.05, 0.1) is 29.0 Å². The van der Waals surface area contributed by atoms with Gasteiger partial charge in [0, 0.05) is 28.0 Å². The molecule has 3 aromatic carbocycles. The van der Waals surface area contributed by atoms with Crippen LogP contribution in [0.1, 0.15) is 28.5 Å².